The van der Waals surface area contributed by atoms with Gasteiger partial charge in [-0.1, -0.05) is 6.92 Å². The van der Waals surface area contributed by atoms with E-state index in [0.29, 0.717) is 12.6 Å². The van der Waals surface area contributed by atoms with Crippen LogP contribution < -0.4 is 5.32 Å². The Hall–Kier alpha value is -1.36. The lowest BCUT2D eigenvalue weighted by atomic mass is 10.3. The number of hydrogen-bond donors (Lipinski definition) is 1. The van der Waals surface area contributed by atoms with Crippen LogP contribution in [0.2, 0.25) is 0 Å². The number of halogens is 1. The molecule has 1 unspecified atom stereocenters. The van der Waals surface area contributed by atoms with Crippen LogP contribution in [-0.2, 0) is 6.54 Å². The van der Waals surface area contributed by atoms with Gasteiger partial charge in [-0.3, -0.25) is 4.68 Å². The molecule has 0 aliphatic rings. The first-order valence-electron chi connectivity index (χ1n) is 5.72. The van der Waals surface area contributed by atoms with Gasteiger partial charge < -0.3 is 5.32 Å². The third-order valence-corrected chi connectivity index (χ3v) is 3.60. The molecule has 5 heteroatoms. The van der Waals surface area contributed by atoms with Crippen molar-refractivity contribution in [2.75, 3.05) is 5.32 Å². The molecule has 2 aromatic heterocycles. The van der Waals surface area contributed by atoms with Gasteiger partial charge in [0.25, 0.3) is 0 Å². The third kappa shape index (κ3) is 3.06. The monoisotopic (exact) mass is 253 g/mol. The highest BCUT2D eigenvalue weighted by Crippen LogP contribution is 2.16. The minimum atomic E-state index is -0.146. The normalized spacial score (nSPS) is 12.6. The van der Waals surface area contributed by atoms with E-state index in [1.54, 1.807) is 6.07 Å². The van der Waals surface area contributed by atoms with E-state index in [2.05, 4.69) is 24.3 Å². The fourth-order valence-electron chi connectivity index (χ4n) is 1.49. The van der Waals surface area contributed by atoms with Crippen molar-refractivity contribution in [2.24, 2.45) is 0 Å². The molecule has 0 saturated carbocycles. The summed E-state index contributed by atoms with van der Waals surface area (Å²) in [5, 5.41) is 7.46. The van der Waals surface area contributed by atoms with E-state index in [1.165, 1.54) is 6.07 Å². The molecule has 0 saturated heterocycles. The van der Waals surface area contributed by atoms with E-state index in [4.69, 9.17) is 0 Å². The first-order chi connectivity index (χ1) is 8.19. The number of hydrogen-bond acceptors (Lipinski definition) is 3. The molecule has 3 nitrogen and oxygen atoms in total. The van der Waals surface area contributed by atoms with Gasteiger partial charge in [-0.15, -0.1) is 11.3 Å². The average molecular weight is 253 g/mol. The van der Waals surface area contributed by atoms with Crippen LogP contribution in [-0.4, -0.2) is 9.78 Å². The van der Waals surface area contributed by atoms with Crippen LogP contribution in [0, 0.1) is 5.13 Å². The van der Waals surface area contributed by atoms with Crippen LogP contribution in [0.25, 0.3) is 0 Å². The summed E-state index contributed by atoms with van der Waals surface area (Å²) in [6, 6.07) is 5.62. The molecule has 1 atom stereocenters. The van der Waals surface area contributed by atoms with Crippen molar-refractivity contribution < 1.29 is 4.39 Å². The molecule has 2 heterocycles. The van der Waals surface area contributed by atoms with E-state index in [0.717, 1.165) is 28.5 Å². The highest BCUT2D eigenvalue weighted by atomic mass is 32.1. The summed E-state index contributed by atoms with van der Waals surface area (Å²) < 4.78 is 14.7. The molecular weight excluding hydrogens is 237 g/mol. The van der Waals surface area contributed by atoms with Gasteiger partial charge in [0.15, 0.2) is 5.13 Å². The molecule has 17 heavy (non-hydrogen) atoms. The molecule has 0 radical (unpaired) electrons. The van der Waals surface area contributed by atoms with Gasteiger partial charge in [0, 0.05) is 23.2 Å². The largest absolute Gasteiger partial charge is 0.364 e. The fraction of sp³-hybridized carbons (Fsp3) is 0.417. The smallest absolute Gasteiger partial charge is 0.176 e. The summed E-state index contributed by atoms with van der Waals surface area (Å²) in [7, 11) is 0. The maximum atomic E-state index is 12.8. The maximum absolute atomic E-state index is 12.8. The second-order valence-electron chi connectivity index (χ2n) is 4.00. The van der Waals surface area contributed by atoms with E-state index in [9.17, 15) is 4.39 Å². The van der Waals surface area contributed by atoms with E-state index in [-0.39, 0.29) is 5.13 Å². The molecule has 0 aromatic carbocycles. The van der Waals surface area contributed by atoms with Crippen molar-refractivity contribution in [3.63, 3.8) is 0 Å². The van der Waals surface area contributed by atoms with Crippen LogP contribution in [0.3, 0.4) is 0 Å². The lowest BCUT2D eigenvalue weighted by Crippen LogP contribution is -2.05. The van der Waals surface area contributed by atoms with Crippen molar-refractivity contribution >= 4 is 17.2 Å². The molecule has 92 valence electrons. The van der Waals surface area contributed by atoms with Gasteiger partial charge in [0.1, 0.15) is 5.82 Å². The Morgan fingerprint density at radius 2 is 2.29 bits per heavy atom. The van der Waals surface area contributed by atoms with Gasteiger partial charge in [-0.05, 0) is 25.5 Å². The number of aromatic nitrogens is 2. The van der Waals surface area contributed by atoms with Crippen molar-refractivity contribution in [1.29, 1.82) is 0 Å². The SMILES string of the molecule is CCC(C)n1ccc(NCc2ccc(F)s2)n1. The highest BCUT2D eigenvalue weighted by Gasteiger charge is 2.05. The molecule has 0 amide bonds. The standard InChI is InChI=1S/C12H16FN3S/c1-3-9(2)16-7-6-12(15-16)14-8-10-4-5-11(13)17-10/h4-7,9H,3,8H2,1-2H3,(H,14,15). The number of thiophene rings is 1. The minimum Gasteiger partial charge on any atom is -0.364 e. The summed E-state index contributed by atoms with van der Waals surface area (Å²) in [4.78, 5) is 0.973. The lowest BCUT2D eigenvalue weighted by Gasteiger charge is -2.08. The van der Waals surface area contributed by atoms with Gasteiger partial charge in [-0.2, -0.15) is 9.49 Å². The van der Waals surface area contributed by atoms with Crippen LogP contribution in [0.4, 0.5) is 10.2 Å². The van der Waals surface area contributed by atoms with Crippen molar-refractivity contribution in [3.8, 4) is 0 Å². The summed E-state index contributed by atoms with van der Waals surface area (Å²) in [6.45, 7) is 4.88. The van der Waals surface area contributed by atoms with Crippen LogP contribution in [0.1, 0.15) is 31.2 Å². The maximum Gasteiger partial charge on any atom is 0.176 e. The molecule has 0 bridgehead atoms. The second kappa shape index (κ2) is 5.31. The van der Waals surface area contributed by atoms with Gasteiger partial charge in [0.2, 0.25) is 0 Å². The number of rotatable bonds is 5. The van der Waals surface area contributed by atoms with Crippen molar-refractivity contribution in [2.45, 2.75) is 32.9 Å². The Balaban J connectivity index is 1.93. The number of nitrogens with zero attached hydrogens (tertiary/aromatic N) is 2. The Labute approximate surface area is 104 Å². The Morgan fingerprint density at radius 3 is 2.94 bits per heavy atom. The molecule has 0 aliphatic heterocycles. The lowest BCUT2D eigenvalue weighted by molar-refractivity contribution is 0.479. The fourth-order valence-corrected chi connectivity index (χ4v) is 2.16. The van der Waals surface area contributed by atoms with Crippen LogP contribution >= 0.6 is 11.3 Å². The summed E-state index contributed by atoms with van der Waals surface area (Å²) >= 11 is 1.16. The third-order valence-electron chi connectivity index (χ3n) is 2.72. The van der Waals surface area contributed by atoms with Crippen LogP contribution in [0.15, 0.2) is 24.4 Å². The molecule has 2 aromatic rings. The number of nitrogens with one attached hydrogen (secondary N) is 1. The van der Waals surface area contributed by atoms with Crippen molar-refractivity contribution in [1.82, 2.24) is 9.78 Å². The first kappa shape index (κ1) is 12.1. The summed E-state index contributed by atoms with van der Waals surface area (Å²) in [5.74, 6) is 0.833. The molecule has 2 rings (SSSR count). The average Bonchev–Trinajstić information content (AvgIpc) is 2.94. The zero-order valence-electron chi connectivity index (χ0n) is 9.98. The van der Waals surface area contributed by atoms with E-state index < -0.39 is 0 Å². The quantitative estimate of drug-likeness (QED) is 0.881. The highest BCUT2D eigenvalue weighted by molar-refractivity contribution is 7.10. The predicted molar refractivity (Wildman–Crippen MR) is 68.8 cm³/mol. The Morgan fingerprint density at radius 1 is 1.47 bits per heavy atom. The topological polar surface area (TPSA) is 29.9 Å². The molecule has 1 N–H and O–H groups in total. The minimum absolute atomic E-state index is 0.146. The molecule has 0 aliphatic carbocycles. The molecular formula is C12H16FN3S. The zero-order valence-corrected chi connectivity index (χ0v) is 10.8. The zero-order chi connectivity index (χ0) is 12.3. The van der Waals surface area contributed by atoms with Gasteiger partial charge in [-0.25, -0.2) is 0 Å². The van der Waals surface area contributed by atoms with Gasteiger partial charge >= 0.3 is 0 Å². The molecule has 0 fully saturated rings. The predicted octanol–water partition coefficient (Wildman–Crippen LogP) is 3.67. The van der Waals surface area contributed by atoms with Gasteiger partial charge in [0.05, 0.1) is 6.54 Å². The van der Waals surface area contributed by atoms with Crippen LogP contribution in [0.5, 0.6) is 0 Å². The second-order valence-corrected chi connectivity index (χ2v) is 5.12. The molecule has 0 spiro atoms. The van der Waals surface area contributed by atoms with E-state index >= 15 is 0 Å². The number of anilines is 1. The summed E-state index contributed by atoms with van der Waals surface area (Å²) in [5.41, 5.74) is 0. The first-order valence-corrected chi connectivity index (χ1v) is 6.54. The van der Waals surface area contributed by atoms with E-state index in [1.807, 2.05) is 16.9 Å². The summed E-state index contributed by atoms with van der Waals surface area (Å²) in [6.07, 6.45) is 3.02. The van der Waals surface area contributed by atoms with Crippen molar-refractivity contribution in [3.05, 3.63) is 34.4 Å². The Bertz CT molecular complexity index is 478. The Kier molecular flexibility index (Phi) is 3.78.